The Morgan fingerprint density at radius 1 is 1.31 bits per heavy atom. The first-order chi connectivity index (χ1) is 7.65. The van der Waals surface area contributed by atoms with Crippen LogP contribution in [-0.4, -0.2) is 12.1 Å². The lowest BCUT2D eigenvalue weighted by molar-refractivity contribution is 0.225. The van der Waals surface area contributed by atoms with Crippen LogP contribution in [0, 0.1) is 12.8 Å². The van der Waals surface area contributed by atoms with Crippen LogP contribution in [0.5, 0.6) is 0 Å². The van der Waals surface area contributed by atoms with Crippen LogP contribution < -0.4 is 5.32 Å². The number of aryl methyl sites for hydroxylation is 1. The average molecular weight is 217 g/mol. The summed E-state index contributed by atoms with van der Waals surface area (Å²) in [6, 6.07) is 10.1. The fraction of sp³-hybridized carbons (Fsp3) is 0.600. The van der Waals surface area contributed by atoms with E-state index in [4.69, 9.17) is 0 Å². The third-order valence-electron chi connectivity index (χ3n) is 3.68. The van der Waals surface area contributed by atoms with Gasteiger partial charge in [0.1, 0.15) is 0 Å². The van der Waals surface area contributed by atoms with Crippen molar-refractivity contribution in [2.75, 3.05) is 0 Å². The zero-order valence-electron chi connectivity index (χ0n) is 10.7. The SMILES string of the molecule is Cc1ccccc1CC(C)NC1CC(C)C1. The summed E-state index contributed by atoms with van der Waals surface area (Å²) < 4.78 is 0. The van der Waals surface area contributed by atoms with Crippen molar-refractivity contribution >= 4 is 0 Å². The third-order valence-corrected chi connectivity index (χ3v) is 3.68. The maximum atomic E-state index is 3.72. The molecule has 1 N–H and O–H groups in total. The fourth-order valence-electron chi connectivity index (χ4n) is 2.67. The smallest absolute Gasteiger partial charge is 0.00818 e. The van der Waals surface area contributed by atoms with Crippen molar-refractivity contribution in [3.8, 4) is 0 Å². The lowest BCUT2D eigenvalue weighted by atomic mass is 9.81. The Hall–Kier alpha value is -0.820. The molecule has 0 aliphatic heterocycles. The van der Waals surface area contributed by atoms with Gasteiger partial charge in [-0.25, -0.2) is 0 Å². The summed E-state index contributed by atoms with van der Waals surface area (Å²) in [5.41, 5.74) is 2.90. The summed E-state index contributed by atoms with van der Waals surface area (Å²) in [5.74, 6) is 0.933. The van der Waals surface area contributed by atoms with E-state index in [0.29, 0.717) is 6.04 Å². The Bertz CT molecular complexity index is 339. The minimum atomic E-state index is 0.596. The molecule has 1 atom stereocenters. The highest BCUT2D eigenvalue weighted by Crippen LogP contribution is 2.26. The summed E-state index contributed by atoms with van der Waals surface area (Å²) in [5, 5.41) is 3.72. The lowest BCUT2D eigenvalue weighted by Gasteiger charge is -2.35. The molecule has 0 spiro atoms. The van der Waals surface area contributed by atoms with Gasteiger partial charge in [-0.2, -0.15) is 0 Å². The first-order valence-electron chi connectivity index (χ1n) is 6.45. The van der Waals surface area contributed by atoms with Crippen LogP contribution in [0.2, 0.25) is 0 Å². The Morgan fingerprint density at radius 3 is 2.62 bits per heavy atom. The molecule has 2 rings (SSSR count). The molecule has 0 bridgehead atoms. The van der Waals surface area contributed by atoms with E-state index in [1.165, 1.54) is 24.0 Å². The molecule has 1 aliphatic carbocycles. The van der Waals surface area contributed by atoms with Crippen LogP contribution in [0.1, 0.15) is 37.8 Å². The van der Waals surface area contributed by atoms with Gasteiger partial charge in [0.25, 0.3) is 0 Å². The zero-order valence-corrected chi connectivity index (χ0v) is 10.7. The number of rotatable bonds is 4. The van der Waals surface area contributed by atoms with E-state index in [0.717, 1.165) is 18.4 Å². The van der Waals surface area contributed by atoms with Crippen LogP contribution in [-0.2, 0) is 6.42 Å². The van der Waals surface area contributed by atoms with Gasteiger partial charge in [-0.05, 0) is 50.2 Å². The van der Waals surface area contributed by atoms with Crippen molar-refractivity contribution in [2.45, 2.75) is 52.1 Å². The van der Waals surface area contributed by atoms with Gasteiger partial charge in [0.05, 0.1) is 0 Å². The van der Waals surface area contributed by atoms with Crippen molar-refractivity contribution in [3.63, 3.8) is 0 Å². The minimum absolute atomic E-state index is 0.596. The van der Waals surface area contributed by atoms with Crippen LogP contribution in [0.4, 0.5) is 0 Å². The highest BCUT2D eigenvalue weighted by Gasteiger charge is 2.25. The molecule has 1 heteroatoms. The largest absolute Gasteiger partial charge is 0.311 e. The van der Waals surface area contributed by atoms with E-state index in [9.17, 15) is 0 Å². The molecule has 1 fully saturated rings. The summed E-state index contributed by atoms with van der Waals surface area (Å²) in [6.45, 7) is 6.84. The van der Waals surface area contributed by atoms with Gasteiger partial charge in [0.2, 0.25) is 0 Å². The normalized spacial score (nSPS) is 26.2. The molecule has 1 aliphatic rings. The minimum Gasteiger partial charge on any atom is -0.311 e. The standard InChI is InChI=1S/C15H23N/c1-11-8-15(9-11)16-13(3)10-14-7-5-4-6-12(14)2/h4-7,11,13,15-16H,8-10H2,1-3H3. The van der Waals surface area contributed by atoms with E-state index in [2.05, 4.69) is 50.4 Å². The zero-order chi connectivity index (χ0) is 11.5. The van der Waals surface area contributed by atoms with Gasteiger partial charge < -0.3 is 5.32 Å². The molecule has 0 amide bonds. The lowest BCUT2D eigenvalue weighted by Crippen LogP contribution is -2.45. The number of nitrogens with one attached hydrogen (secondary N) is 1. The highest BCUT2D eigenvalue weighted by atomic mass is 15.0. The molecular formula is C15H23N. The van der Waals surface area contributed by atoms with Crippen LogP contribution in [0.15, 0.2) is 24.3 Å². The van der Waals surface area contributed by atoms with Crippen molar-refractivity contribution < 1.29 is 0 Å². The summed E-state index contributed by atoms with van der Waals surface area (Å²) in [4.78, 5) is 0. The highest BCUT2D eigenvalue weighted by molar-refractivity contribution is 5.26. The van der Waals surface area contributed by atoms with Gasteiger partial charge in [-0.3, -0.25) is 0 Å². The van der Waals surface area contributed by atoms with Crippen molar-refractivity contribution in [2.24, 2.45) is 5.92 Å². The first kappa shape index (κ1) is 11.7. The second-order valence-electron chi connectivity index (χ2n) is 5.47. The number of hydrogen-bond acceptors (Lipinski definition) is 1. The molecule has 1 aromatic carbocycles. The monoisotopic (exact) mass is 217 g/mol. The fourth-order valence-corrected chi connectivity index (χ4v) is 2.67. The Balaban J connectivity index is 1.83. The van der Waals surface area contributed by atoms with Gasteiger partial charge in [-0.15, -0.1) is 0 Å². The van der Waals surface area contributed by atoms with E-state index in [1.807, 2.05) is 0 Å². The molecule has 1 nitrogen and oxygen atoms in total. The predicted molar refractivity (Wildman–Crippen MR) is 69.7 cm³/mol. The van der Waals surface area contributed by atoms with E-state index in [-0.39, 0.29) is 0 Å². The maximum absolute atomic E-state index is 3.72. The van der Waals surface area contributed by atoms with Crippen LogP contribution in [0.25, 0.3) is 0 Å². The summed E-state index contributed by atoms with van der Waals surface area (Å²) in [7, 11) is 0. The second-order valence-corrected chi connectivity index (χ2v) is 5.47. The Morgan fingerprint density at radius 2 is 2.00 bits per heavy atom. The summed E-state index contributed by atoms with van der Waals surface area (Å²) >= 11 is 0. The maximum Gasteiger partial charge on any atom is 0.00818 e. The molecule has 88 valence electrons. The summed E-state index contributed by atoms with van der Waals surface area (Å²) in [6.07, 6.45) is 3.87. The molecular weight excluding hydrogens is 194 g/mol. The molecule has 16 heavy (non-hydrogen) atoms. The molecule has 1 aromatic rings. The van der Waals surface area contributed by atoms with E-state index in [1.54, 1.807) is 0 Å². The molecule has 0 radical (unpaired) electrons. The van der Waals surface area contributed by atoms with Crippen LogP contribution in [0.3, 0.4) is 0 Å². The topological polar surface area (TPSA) is 12.0 Å². The van der Waals surface area contributed by atoms with E-state index >= 15 is 0 Å². The first-order valence-corrected chi connectivity index (χ1v) is 6.45. The van der Waals surface area contributed by atoms with Crippen molar-refractivity contribution in [1.82, 2.24) is 5.32 Å². The predicted octanol–water partition coefficient (Wildman–Crippen LogP) is 3.31. The van der Waals surface area contributed by atoms with Gasteiger partial charge in [-0.1, -0.05) is 31.2 Å². The number of hydrogen-bond donors (Lipinski definition) is 1. The third kappa shape index (κ3) is 2.85. The average Bonchev–Trinajstić information content (AvgIpc) is 2.19. The Labute approximate surface area is 99.3 Å². The van der Waals surface area contributed by atoms with Gasteiger partial charge in [0.15, 0.2) is 0 Å². The Kier molecular flexibility index (Phi) is 3.65. The molecule has 0 heterocycles. The van der Waals surface area contributed by atoms with Crippen molar-refractivity contribution in [3.05, 3.63) is 35.4 Å². The molecule has 1 unspecified atom stereocenters. The van der Waals surface area contributed by atoms with Gasteiger partial charge in [0, 0.05) is 12.1 Å². The second kappa shape index (κ2) is 5.01. The van der Waals surface area contributed by atoms with E-state index < -0.39 is 0 Å². The van der Waals surface area contributed by atoms with Gasteiger partial charge >= 0.3 is 0 Å². The van der Waals surface area contributed by atoms with Crippen molar-refractivity contribution in [1.29, 1.82) is 0 Å². The molecule has 1 saturated carbocycles. The van der Waals surface area contributed by atoms with Crippen LogP contribution >= 0.6 is 0 Å². The quantitative estimate of drug-likeness (QED) is 0.816. The molecule has 0 saturated heterocycles. The molecule has 0 aromatic heterocycles. The number of benzene rings is 1.